The number of amides is 2. The summed E-state index contributed by atoms with van der Waals surface area (Å²) in [5, 5.41) is 4.91. The van der Waals surface area contributed by atoms with Crippen molar-refractivity contribution in [3.05, 3.63) is 34.9 Å². The average Bonchev–Trinajstić information content (AvgIpc) is 2.41. The van der Waals surface area contributed by atoms with Crippen molar-refractivity contribution in [2.75, 3.05) is 6.54 Å². The number of urea groups is 1. The number of carbonyl (C=O) groups is 2. The van der Waals surface area contributed by atoms with E-state index < -0.39 is 29.3 Å². The van der Waals surface area contributed by atoms with Gasteiger partial charge in [0.05, 0.1) is 12.0 Å². The number of alkyl halides is 3. The Bertz CT molecular complexity index is 623. The normalized spacial score (nSPS) is 11.8. The lowest BCUT2D eigenvalue weighted by molar-refractivity contribution is -0.154. The van der Waals surface area contributed by atoms with Crippen molar-refractivity contribution in [3.63, 3.8) is 0 Å². The van der Waals surface area contributed by atoms with Crippen molar-refractivity contribution < 1.29 is 27.5 Å². The molecule has 0 aliphatic heterocycles. The number of hydrogen-bond donors (Lipinski definition) is 2. The van der Waals surface area contributed by atoms with Gasteiger partial charge in [0.15, 0.2) is 0 Å². The fourth-order valence-electron chi connectivity index (χ4n) is 2.04. The van der Waals surface area contributed by atoms with Gasteiger partial charge in [-0.3, -0.25) is 4.79 Å². The van der Waals surface area contributed by atoms with Crippen LogP contribution in [0, 0.1) is 6.92 Å². The first-order chi connectivity index (χ1) is 11.4. The standard InChI is InChI=1S/C17H23F3N2O3/c1-11-7-12(9-13(8-11)17(18,19)20)10-22-15(24)21-6-5-14(23)25-16(2,3)4/h7-9H,5-6,10H2,1-4H3,(H2,21,22,24). The van der Waals surface area contributed by atoms with Crippen LogP contribution in [0.3, 0.4) is 0 Å². The summed E-state index contributed by atoms with van der Waals surface area (Å²) in [6.07, 6.45) is -4.43. The van der Waals surface area contributed by atoms with Crippen LogP contribution in [0.5, 0.6) is 0 Å². The van der Waals surface area contributed by atoms with E-state index in [4.69, 9.17) is 4.74 Å². The van der Waals surface area contributed by atoms with Crippen LogP contribution in [0.4, 0.5) is 18.0 Å². The third kappa shape index (κ3) is 8.42. The first-order valence-electron chi connectivity index (χ1n) is 7.78. The predicted octanol–water partition coefficient (Wildman–Crippen LogP) is 3.54. The average molecular weight is 360 g/mol. The Kier molecular flexibility index (Phi) is 6.84. The first kappa shape index (κ1) is 20.8. The van der Waals surface area contributed by atoms with Gasteiger partial charge in [-0.2, -0.15) is 13.2 Å². The number of rotatable bonds is 5. The molecule has 0 radical (unpaired) electrons. The summed E-state index contributed by atoms with van der Waals surface area (Å²) in [5.74, 6) is -0.443. The Balaban J connectivity index is 2.45. The largest absolute Gasteiger partial charge is 0.460 e. The van der Waals surface area contributed by atoms with Crippen LogP contribution >= 0.6 is 0 Å². The van der Waals surface area contributed by atoms with Crippen molar-refractivity contribution in [2.24, 2.45) is 0 Å². The lowest BCUT2D eigenvalue weighted by atomic mass is 10.1. The third-order valence-corrected chi connectivity index (χ3v) is 2.95. The minimum absolute atomic E-state index is 0.00730. The molecule has 8 heteroatoms. The molecule has 1 aromatic carbocycles. The van der Waals surface area contributed by atoms with E-state index in [9.17, 15) is 22.8 Å². The highest BCUT2D eigenvalue weighted by Crippen LogP contribution is 2.30. The van der Waals surface area contributed by atoms with Crippen LogP contribution in [0.15, 0.2) is 18.2 Å². The second-order valence-electron chi connectivity index (χ2n) is 6.65. The van der Waals surface area contributed by atoms with E-state index in [1.807, 2.05) is 0 Å². The molecule has 2 N–H and O–H groups in total. The number of hydrogen-bond acceptors (Lipinski definition) is 3. The monoisotopic (exact) mass is 360 g/mol. The van der Waals surface area contributed by atoms with Gasteiger partial charge in [0.1, 0.15) is 5.60 Å². The number of halogens is 3. The van der Waals surface area contributed by atoms with E-state index >= 15 is 0 Å². The topological polar surface area (TPSA) is 67.4 Å². The number of aryl methyl sites for hydroxylation is 1. The van der Waals surface area contributed by atoms with Gasteiger partial charge in [0.2, 0.25) is 0 Å². The molecule has 140 valence electrons. The summed E-state index contributed by atoms with van der Waals surface area (Å²) in [4.78, 5) is 23.1. The van der Waals surface area contributed by atoms with Gasteiger partial charge in [0.25, 0.3) is 0 Å². The summed E-state index contributed by atoms with van der Waals surface area (Å²) in [7, 11) is 0. The van der Waals surface area contributed by atoms with Gasteiger partial charge >= 0.3 is 18.2 Å². The minimum Gasteiger partial charge on any atom is -0.460 e. The maximum Gasteiger partial charge on any atom is 0.416 e. The Hall–Kier alpha value is -2.25. The quantitative estimate of drug-likeness (QED) is 0.789. The molecular formula is C17H23F3N2O3. The first-order valence-corrected chi connectivity index (χ1v) is 7.78. The Morgan fingerprint density at radius 1 is 1.08 bits per heavy atom. The van der Waals surface area contributed by atoms with Gasteiger partial charge in [0, 0.05) is 13.1 Å². The molecule has 0 fully saturated rings. The zero-order valence-corrected chi connectivity index (χ0v) is 14.7. The molecule has 0 unspecified atom stereocenters. The van der Waals surface area contributed by atoms with Crippen molar-refractivity contribution >= 4 is 12.0 Å². The van der Waals surface area contributed by atoms with Crippen LogP contribution in [0.1, 0.15) is 43.9 Å². The number of carbonyl (C=O) groups excluding carboxylic acids is 2. The molecule has 0 saturated carbocycles. The van der Waals surface area contributed by atoms with Gasteiger partial charge in [-0.15, -0.1) is 0 Å². The second kappa shape index (κ2) is 8.22. The molecule has 0 aliphatic carbocycles. The Morgan fingerprint density at radius 2 is 1.72 bits per heavy atom. The zero-order chi connectivity index (χ0) is 19.3. The molecule has 25 heavy (non-hydrogen) atoms. The highest BCUT2D eigenvalue weighted by atomic mass is 19.4. The van der Waals surface area contributed by atoms with E-state index in [0.29, 0.717) is 11.1 Å². The molecule has 0 saturated heterocycles. The van der Waals surface area contributed by atoms with E-state index in [1.165, 1.54) is 0 Å². The van der Waals surface area contributed by atoms with Crippen LogP contribution < -0.4 is 10.6 Å². The highest BCUT2D eigenvalue weighted by molar-refractivity contribution is 5.75. The van der Waals surface area contributed by atoms with E-state index in [1.54, 1.807) is 33.8 Å². The fourth-order valence-corrected chi connectivity index (χ4v) is 2.04. The van der Waals surface area contributed by atoms with E-state index in [0.717, 1.165) is 12.1 Å². The van der Waals surface area contributed by atoms with Gasteiger partial charge in [-0.25, -0.2) is 4.79 Å². The van der Waals surface area contributed by atoms with Crippen molar-refractivity contribution in [1.82, 2.24) is 10.6 Å². The number of esters is 1. The molecule has 1 aromatic rings. The van der Waals surface area contributed by atoms with Crippen LogP contribution in [-0.2, 0) is 22.3 Å². The Morgan fingerprint density at radius 3 is 2.28 bits per heavy atom. The van der Waals surface area contributed by atoms with Crippen molar-refractivity contribution in [1.29, 1.82) is 0 Å². The molecule has 0 heterocycles. The van der Waals surface area contributed by atoms with Crippen molar-refractivity contribution in [3.8, 4) is 0 Å². The summed E-state index contributed by atoms with van der Waals surface area (Å²) in [6, 6.07) is 3.04. The molecule has 0 aliphatic rings. The minimum atomic E-state index is -4.43. The predicted molar refractivity (Wildman–Crippen MR) is 86.9 cm³/mol. The number of nitrogens with one attached hydrogen (secondary N) is 2. The third-order valence-electron chi connectivity index (χ3n) is 2.95. The Labute approximate surface area is 144 Å². The van der Waals surface area contributed by atoms with Gasteiger partial charge in [-0.05, 0) is 45.4 Å². The summed E-state index contributed by atoms with van der Waals surface area (Å²) in [6.45, 7) is 6.79. The lowest BCUT2D eigenvalue weighted by Gasteiger charge is -2.19. The van der Waals surface area contributed by atoms with Gasteiger partial charge in [-0.1, -0.05) is 11.6 Å². The molecule has 1 rings (SSSR count). The number of benzene rings is 1. The molecule has 2 amide bonds. The molecule has 0 bridgehead atoms. The van der Waals surface area contributed by atoms with E-state index in [2.05, 4.69) is 10.6 Å². The molecule has 0 aromatic heterocycles. The van der Waals surface area contributed by atoms with E-state index in [-0.39, 0.29) is 19.5 Å². The molecular weight excluding hydrogens is 337 g/mol. The SMILES string of the molecule is Cc1cc(CNC(=O)NCCC(=O)OC(C)(C)C)cc(C(F)(F)F)c1. The zero-order valence-electron chi connectivity index (χ0n) is 14.7. The fraction of sp³-hybridized carbons (Fsp3) is 0.529. The van der Waals surface area contributed by atoms with Crippen LogP contribution in [-0.4, -0.2) is 24.1 Å². The van der Waals surface area contributed by atoms with Crippen LogP contribution in [0.25, 0.3) is 0 Å². The van der Waals surface area contributed by atoms with Gasteiger partial charge < -0.3 is 15.4 Å². The second-order valence-corrected chi connectivity index (χ2v) is 6.65. The number of ether oxygens (including phenoxy) is 1. The summed E-state index contributed by atoms with van der Waals surface area (Å²) < 4.78 is 43.4. The smallest absolute Gasteiger partial charge is 0.416 e. The molecule has 5 nitrogen and oxygen atoms in total. The molecule has 0 atom stereocenters. The lowest BCUT2D eigenvalue weighted by Crippen LogP contribution is -2.37. The van der Waals surface area contributed by atoms with Crippen LogP contribution in [0.2, 0.25) is 0 Å². The molecule has 0 spiro atoms. The summed E-state index contributed by atoms with van der Waals surface area (Å²) >= 11 is 0. The maximum absolute atomic E-state index is 12.8. The maximum atomic E-state index is 12.8. The van der Waals surface area contributed by atoms with Crippen molar-refractivity contribution in [2.45, 2.75) is 52.4 Å². The highest BCUT2D eigenvalue weighted by Gasteiger charge is 2.30. The summed E-state index contributed by atoms with van der Waals surface area (Å²) in [5.41, 5.74) is -0.554.